The molecule has 1 aromatic carbocycles. The SMILES string of the molecule is CCC(C)CC(O)c1ccc(OC(F)(F)F)cc1. The Labute approximate surface area is 104 Å². The minimum absolute atomic E-state index is 0.276. The van der Waals surface area contributed by atoms with E-state index in [0.717, 1.165) is 6.42 Å². The van der Waals surface area contributed by atoms with Crippen LogP contribution in [-0.2, 0) is 0 Å². The molecule has 0 radical (unpaired) electrons. The van der Waals surface area contributed by atoms with Crippen molar-refractivity contribution in [2.45, 2.75) is 39.2 Å². The van der Waals surface area contributed by atoms with Crippen LogP contribution in [0.1, 0.15) is 38.4 Å². The predicted octanol–water partition coefficient (Wildman–Crippen LogP) is 4.05. The zero-order valence-electron chi connectivity index (χ0n) is 10.4. The first-order valence-electron chi connectivity index (χ1n) is 5.85. The van der Waals surface area contributed by atoms with E-state index in [9.17, 15) is 18.3 Å². The number of ether oxygens (including phenoxy) is 1. The summed E-state index contributed by atoms with van der Waals surface area (Å²) >= 11 is 0. The highest BCUT2D eigenvalue weighted by atomic mass is 19.4. The maximum absolute atomic E-state index is 11.9. The highest BCUT2D eigenvalue weighted by Crippen LogP contribution is 2.27. The standard InChI is InChI=1S/C13H17F3O2/c1-3-9(2)8-12(17)10-4-6-11(7-5-10)18-13(14,15)16/h4-7,9,12,17H,3,8H2,1-2H3. The van der Waals surface area contributed by atoms with Crippen LogP contribution < -0.4 is 4.74 Å². The molecule has 0 aliphatic rings. The van der Waals surface area contributed by atoms with Gasteiger partial charge in [0.15, 0.2) is 0 Å². The van der Waals surface area contributed by atoms with Gasteiger partial charge in [-0.2, -0.15) is 0 Å². The summed E-state index contributed by atoms with van der Waals surface area (Å²) in [5.41, 5.74) is 0.602. The van der Waals surface area contributed by atoms with Crippen molar-refractivity contribution in [3.63, 3.8) is 0 Å². The van der Waals surface area contributed by atoms with Crippen LogP contribution in [0.25, 0.3) is 0 Å². The maximum atomic E-state index is 11.9. The second-order valence-electron chi connectivity index (χ2n) is 4.38. The van der Waals surface area contributed by atoms with Gasteiger partial charge in [-0.3, -0.25) is 0 Å². The van der Waals surface area contributed by atoms with Gasteiger partial charge in [0.25, 0.3) is 0 Å². The van der Waals surface area contributed by atoms with E-state index in [4.69, 9.17) is 0 Å². The van der Waals surface area contributed by atoms with E-state index in [2.05, 4.69) is 4.74 Å². The van der Waals surface area contributed by atoms with Crippen molar-refractivity contribution >= 4 is 0 Å². The third kappa shape index (κ3) is 4.96. The second-order valence-corrected chi connectivity index (χ2v) is 4.38. The number of benzene rings is 1. The minimum Gasteiger partial charge on any atom is -0.406 e. The quantitative estimate of drug-likeness (QED) is 0.867. The molecule has 0 spiro atoms. The molecule has 2 atom stereocenters. The fourth-order valence-electron chi connectivity index (χ4n) is 1.58. The molecule has 2 unspecified atom stereocenters. The van der Waals surface area contributed by atoms with Crippen molar-refractivity contribution in [1.82, 2.24) is 0 Å². The summed E-state index contributed by atoms with van der Waals surface area (Å²) in [7, 11) is 0. The highest BCUT2D eigenvalue weighted by Gasteiger charge is 2.31. The molecule has 0 aromatic heterocycles. The number of aliphatic hydroxyl groups excluding tert-OH is 1. The Kier molecular flexibility index (Phi) is 5.02. The summed E-state index contributed by atoms with van der Waals surface area (Å²) < 4.78 is 39.6. The lowest BCUT2D eigenvalue weighted by molar-refractivity contribution is -0.274. The van der Waals surface area contributed by atoms with Gasteiger partial charge in [0.05, 0.1) is 6.10 Å². The van der Waals surface area contributed by atoms with Gasteiger partial charge in [-0.25, -0.2) is 0 Å². The summed E-state index contributed by atoms with van der Waals surface area (Å²) in [6, 6.07) is 5.33. The van der Waals surface area contributed by atoms with Crippen molar-refractivity contribution in [3.05, 3.63) is 29.8 Å². The van der Waals surface area contributed by atoms with Crippen molar-refractivity contribution in [2.24, 2.45) is 5.92 Å². The molecule has 5 heteroatoms. The Balaban J connectivity index is 2.65. The van der Waals surface area contributed by atoms with Crippen LogP contribution in [0.15, 0.2) is 24.3 Å². The molecule has 0 amide bonds. The lowest BCUT2D eigenvalue weighted by Crippen LogP contribution is -2.17. The molecular weight excluding hydrogens is 245 g/mol. The van der Waals surface area contributed by atoms with Gasteiger partial charge in [0.2, 0.25) is 0 Å². The number of hydrogen-bond acceptors (Lipinski definition) is 2. The van der Waals surface area contributed by atoms with E-state index < -0.39 is 12.5 Å². The molecule has 18 heavy (non-hydrogen) atoms. The van der Waals surface area contributed by atoms with Crippen molar-refractivity contribution in [1.29, 1.82) is 0 Å². The van der Waals surface area contributed by atoms with Gasteiger partial charge < -0.3 is 9.84 Å². The van der Waals surface area contributed by atoms with Crippen LogP contribution in [-0.4, -0.2) is 11.5 Å². The van der Waals surface area contributed by atoms with Crippen LogP contribution in [0, 0.1) is 5.92 Å². The third-order valence-corrected chi connectivity index (χ3v) is 2.82. The smallest absolute Gasteiger partial charge is 0.406 e. The zero-order valence-corrected chi connectivity index (χ0v) is 10.4. The normalized spacial score (nSPS) is 15.2. The number of halogens is 3. The van der Waals surface area contributed by atoms with Crippen molar-refractivity contribution in [2.75, 3.05) is 0 Å². The van der Waals surface area contributed by atoms with E-state index in [1.807, 2.05) is 13.8 Å². The first-order valence-corrected chi connectivity index (χ1v) is 5.85. The first-order chi connectivity index (χ1) is 8.31. The molecule has 0 saturated carbocycles. The summed E-state index contributed by atoms with van der Waals surface area (Å²) in [4.78, 5) is 0. The van der Waals surface area contributed by atoms with E-state index in [0.29, 0.717) is 17.9 Å². The second kappa shape index (κ2) is 6.09. The zero-order chi connectivity index (χ0) is 13.8. The van der Waals surface area contributed by atoms with E-state index in [1.54, 1.807) is 0 Å². The molecule has 2 nitrogen and oxygen atoms in total. The summed E-state index contributed by atoms with van der Waals surface area (Å²) in [6.07, 6.45) is -3.79. The molecule has 0 aliphatic heterocycles. The molecule has 1 N–H and O–H groups in total. The van der Waals surface area contributed by atoms with E-state index >= 15 is 0 Å². The van der Waals surface area contributed by atoms with Crippen LogP contribution in [0.4, 0.5) is 13.2 Å². The van der Waals surface area contributed by atoms with Crippen LogP contribution in [0.5, 0.6) is 5.75 Å². The Bertz CT molecular complexity index is 359. The van der Waals surface area contributed by atoms with Gasteiger partial charge >= 0.3 is 6.36 Å². The summed E-state index contributed by atoms with van der Waals surface area (Å²) in [6.45, 7) is 4.04. The largest absolute Gasteiger partial charge is 0.573 e. The molecule has 102 valence electrons. The molecule has 0 bridgehead atoms. The Morgan fingerprint density at radius 1 is 1.22 bits per heavy atom. The fourth-order valence-corrected chi connectivity index (χ4v) is 1.58. The number of alkyl halides is 3. The Morgan fingerprint density at radius 2 is 1.78 bits per heavy atom. The van der Waals surface area contributed by atoms with Gasteiger partial charge in [0.1, 0.15) is 5.75 Å². The van der Waals surface area contributed by atoms with E-state index in [1.165, 1.54) is 24.3 Å². The van der Waals surface area contributed by atoms with Crippen LogP contribution in [0.3, 0.4) is 0 Å². The van der Waals surface area contributed by atoms with Gasteiger partial charge in [-0.1, -0.05) is 32.4 Å². The average Bonchev–Trinajstić information content (AvgIpc) is 2.27. The lowest BCUT2D eigenvalue weighted by atomic mass is 9.96. The van der Waals surface area contributed by atoms with Crippen molar-refractivity contribution < 1.29 is 23.0 Å². The van der Waals surface area contributed by atoms with Crippen LogP contribution >= 0.6 is 0 Å². The average molecular weight is 262 g/mol. The number of hydrogen-bond donors (Lipinski definition) is 1. The van der Waals surface area contributed by atoms with E-state index in [-0.39, 0.29) is 5.75 Å². The van der Waals surface area contributed by atoms with Crippen molar-refractivity contribution in [3.8, 4) is 5.75 Å². The molecule has 0 heterocycles. The monoisotopic (exact) mass is 262 g/mol. The highest BCUT2D eigenvalue weighted by molar-refractivity contribution is 5.28. The maximum Gasteiger partial charge on any atom is 0.573 e. The lowest BCUT2D eigenvalue weighted by Gasteiger charge is -2.16. The van der Waals surface area contributed by atoms with Gasteiger partial charge in [0, 0.05) is 0 Å². The fraction of sp³-hybridized carbons (Fsp3) is 0.538. The topological polar surface area (TPSA) is 29.5 Å². The number of rotatable bonds is 5. The van der Waals surface area contributed by atoms with Gasteiger partial charge in [-0.05, 0) is 30.0 Å². The summed E-state index contributed by atoms with van der Waals surface area (Å²) in [5, 5.41) is 9.88. The van der Waals surface area contributed by atoms with Crippen LogP contribution in [0.2, 0.25) is 0 Å². The molecule has 1 aromatic rings. The Morgan fingerprint density at radius 3 is 2.22 bits per heavy atom. The number of aliphatic hydroxyl groups is 1. The molecule has 0 aliphatic carbocycles. The molecule has 0 saturated heterocycles. The first kappa shape index (κ1) is 14.8. The van der Waals surface area contributed by atoms with Gasteiger partial charge in [-0.15, -0.1) is 13.2 Å². The molecule has 0 fully saturated rings. The minimum atomic E-state index is -4.68. The summed E-state index contributed by atoms with van der Waals surface area (Å²) in [5.74, 6) is 0.0908. The predicted molar refractivity (Wildman–Crippen MR) is 62.2 cm³/mol. The molecule has 1 rings (SSSR count). The Hall–Kier alpha value is -1.23. The third-order valence-electron chi connectivity index (χ3n) is 2.82. The molecular formula is C13H17F3O2.